The van der Waals surface area contributed by atoms with Crippen LogP contribution in [-0.2, 0) is 4.79 Å². The average Bonchev–Trinajstić information content (AvgIpc) is 2.45. The molecule has 1 amide bonds. The molecule has 5 rings (SSSR count). The van der Waals surface area contributed by atoms with Gasteiger partial charge < -0.3 is 10.1 Å². The van der Waals surface area contributed by atoms with Crippen LogP contribution < -0.4 is 10.1 Å². The van der Waals surface area contributed by atoms with E-state index in [0.717, 1.165) is 36.6 Å². The third-order valence-electron chi connectivity index (χ3n) is 6.54. The molecule has 2 unspecified atom stereocenters. The number of para-hydroxylation sites is 2. The molecule has 2 atom stereocenters. The normalized spacial score (nSPS) is 39.7. The van der Waals surface area contributed by atoms with Crippen LogP contribution in [0.2, 0.25) is 0 Å². The number of anilines is 1. The fourth-order valence-corrected chi connectivity index (χ4v) is 6.81. The number of carbonyl (C=O) groups excluding carboxylic acids is 1. The molecular formula is C21H29NO2. The van der Waals surface area contributed by atoms with Crippen molar-refractivity contribution >= 4 is 11.6 Å². The van der Waals surface area contributed by atoms with Crippen LogP contribution in [0, 0.1) is 22.2 Å². The largest absolute Gasteiger partial charge is 0.492 e. The highest BCUT2D eigenvalue weighted by molar-refractivity contribution is 5.97. The van der Waals surface area contributed by atoms with Crippen molar-refractivity contribution in [1.82, 2.24) is 0 Å². The fourth-order valence-electron chi connectivity index (χ4n) is 6.81. The highest BCUT2D eigenvalue weighted by atomic mass is 16.5. The Kier molecular flexibility index (Phi) is 3.49. The Balaban J connectivity index is 1.61. The number of ether oxygens (including phenoxy) is 1. The minimum absolute atomic E-state index is 0.178. The summed E-state index contributed by atoms with van der Waals surface area (Å²) in [5.41, 5.74) is 1.34. The van der Waals surface area contributed by atoms with E-state index in [9.17, 15) is 4.79 Å². The van der Waals surface area contributed by atoms with Gasteiger partial charge in [-0.3, -0.25) is 4.79 Å². The Hall–Kier alpha value is -1.51. The summed E-state index contributed by atoms with van der Waals surface area (Å²) in [6, 6.07) is 7.79. The maximum absolute atomic E-state index is 13.3. The van der Waals surface area contributed by atoms with Crippen molar-refractivity contribution in [3.8, 4) is 5.75 Å². The van der Waals surface area contributed by atoms with E-state index < -0.39 is 0 Å². The number of hydrogen-bond donors (Lipinski definition) is 1. The molecule has 1 N–H and O–H groups in total. The first-order valence-electron chi connectivity index (χ1n) is 9.39. The summed E-state index contributed by atoms with van der Waals surface area (Å²) in [4.78, 5) is 13.3. The highest BCUT2D eigenvalue weighted by Gasteiger charge is 2.62. The molecule has 0 radical (unpaired) electrons. The van der Waals surface area contributed by atoms with Gasteiger partial charge in [-0.15, -0.1) is 0 Å². The standard InChI is InChI=1S/C21H29NO2/c1-4-24-17-8-6-5-7-16(17)22-18(23)21-11-15-9-19(2,13-21)12-20(3,10-15)14-21/h5-8,15H,4,9-14H2,1-3H3,(H,22,23). The summed E-state index contributed by atoms with van der Waals surface area (Å²) < 4.78 is 5.68. The minimum Gasteiger partial charge on any atom is -0.492 e. The zero-order chi connectivity index (χ0) is 17.0. The van der Waals surface area contributed by atoms with Gasteiger partial charge in [-0.2, -0.15) is 0 Å². The molecule has 0 aliphatic heterocycles. The second-order valence-electron chi connectivity index (χ2n) is 9.29. The van der Waals surface area contributed by atoms with E-state index in [1.54, 1.807) is 0 Å². The van der Waals surface area contributed by atoms with Gasteiger partial charge in [0.1, 0.15) is 5.75 Å². The second kappa shape index (κ2) is 5.24. The van der Waals surface area contributed by atoms with Crippen molar-refractivity contribution in [2.75, 3.05) is 11.9 Å². The molecule has 0 saturated heterocycles. The molecule has 4 bridgehead atoms. The molecule has 130 valence electrons. The molecule has 4 saturated carbocycles. The van der Waals surface area contributed by atoms with Crippen molar-refractivity contribution in [1.29, 1.82) is 0 Å². The summed E-state index contributed by atoms with van der Waals surface area (Å²) in [6.07, 6.45) is 7.09. The Morgan fingerprint density at radius 3 is 2.42 bits per heavy atom. The lowest BCUT2D eigenvalue weighted by Gasteiger charge is -2.64. The van der Waals surface area contributed by atoms with E-state index in [-0.39, 0.29) is 11.3 Å². The zero-order valence-corrected chi connectivity index (χ0v) is 15.2. The van der Waals surface area contributed by atoms with E-state index in [4.69, 9.17) is 4.74 Å². The molecule has 0 heterocycles. The van der Waals surface area contributed by atoms with Crippen LogP contribution in [0.25, 0.3) is 0 Å². The Labute approximate surface area is 145 Å². The lowest BCUT2D eigenvalue weighted by atomic mass is 9.40. The van der Waals surface area contributed by atoms with E-state index in [2.05, 4.69) is 19.2 Å². The summed E-state index contributed by atoms with van der Waals surface area (Å²) in [5.74, 6) is 1.72. The maximum atomic E-state index is 13.3. The van der Waals surface area contributed by atoms with Gasteiger partial charge in [-0.25, -0.2) is 0 Å². The van der Waals surface area contributed by atoms with Crippen LogP contribution in [0.3, 0.4) is 0 Å². The molecule has 0 spiro atoms. The topological polar surface area (TPSA) is 38.3 Å². The quantitative estimate of drug-likeness (QED) is 0.843. The Morgan fingerprint density at radius 1 is 1.12 bits per heavy atom. The molecule has 0 aromatic heterocycles. The van der Waals surface area contributed by atoms with Crippen molar-refractivity contribution in [3.05, 3.63) is 24.3 Å². The fraction of sp³-hybridized carbons (Fsp3) is 0.667. The van der Waals surface area contributed by atoms with Gasteiger partial charge in [0.15, 0.2) is 0 Å². The van der Waals surface area contributed by atoms with E-state index >= 15 is 0 Å². The van der Waals surface area contributed by atoms with Crippen molar-refractivity contribution in [3.63, 3.8) is 0 Å². The lowest BCUT2D eigenvalue weighted by molar-refractivity contribution is -0.165. The highest BCUT2D eigenvalue weighted by Crippen LogP contribution is 2.69. The van der Waals surface area contributed by atoms with Gasteiger partial charge in [-0.1, -0.05) is 26.0 Å². The number of nitrogens with one attached hydrogen (secondary N) is 1. The number of rotatable bonds is 4. The van der Waals surface area contributed by atoms with Gasteiger partial charge >= 0.3 is 0 Å². The van der Waals surface area contributed by atoms with E-state index in [0.29, 0.717) is 17.4 Å². The van der Waals surface area contributed by atoms with E-state index in [1.165, 1.54) is 19.3 Å². The third-order valence-corrected chi connectivity index (χ3v) is 6.54. The number of benzene rings is 1. The molecule has 4 fully saturated rings. The number of hydrogen-bond acceptors (Lipinski definition) is 2. The van der Waals surface area contributed by atoms with Crippen LogP contribution in [0.4, 0.5) is 5.69 Å². The molecule has 4 aliphatic carbocycles. The molecular weight excluding hydrogens is 298 g/mol. The van der Waals surface area contributed by atoms with Gasteiger partial charge in [0.05, 0.1) is 17.7 Å². The maximum Gasteiger partial charge on any atom is 0.230 e. The van der Waals surface area contributed by atoms with Crippen molar-refractivity contribution < 1.29 is 9.53 Å². The first-order chi connectivity index (χ1) is 11.4. The molecule has 4 aliphatic rings. The SMILES string of the molecule is CCOc1ccccc1NC(=O)C12CC3CC(C)(CC(C)(C3)C1)C2. The van der Waals surface area contributed by atoms with Crippen LogP contribution in [0.1, 0.15) is 59.3 Å². The van der Waals surface area contributed by atoms with Gasteiger partial charge in [0.2, 0.25) is 5.91 Å². The predicted octanol–water partition coefficient (Wildman–Crippen LogP) is 5.02. The summed E-state index contributed by atoms with van der Waals surface area (Å²) >= 11 is 0. The summed E-state index contributed by atoms with van der Waals surface area (Å²) in [6.45, 7) is 7.40. The first kappa shape index (κ1) is 16.0. The monoisotopic (exact) mass is 327 g/mol. The average molecular weight is 327 g/mol. The summed E-state index contributed by atoms with van der Waals surface area (Å²) in [5, 5.41) is 3.22. The molecule has 1 aromatic carbocycles. The first-order valence-corrected chi connectivity index (χ1v) is 9.39. The minimum atomic E-state index is -0.178. The molecule has 24 heavy (non-hydrogen) atoms. The second-order valence-corrected chi connectivity index (χ2v) is 9.29. The van der Waals surface area contributed by atoms with Crippen molar-refractivity contribution in [2.24, 2.45) is 22.2 Å². The lowest BCUT2D eigenvalue weighted by Crippen LogP contribution is -2.58. The van der Waals surface area contributed by atoms with Gasteiger partial charge in [-0.05, 0) is 74.3 Å². The molecule has 1 aromatic rings. The van der Waals surface area contributed by atoms with Gasteiger partial charge in [0.25, 0.3) is 0 Å². The van der Waals surface area contributed by atoms with Crippen LogP contribution >= 0.6 is 0 Å². The number of carbonyl (C=O) groups is 1. The van der Waals surface area contributed by atoms with Crippen LogP contribution in [-0.4, -0.2) is 12.5 Å². The number of amides is 1. The van der Waals surface area contributed by atoms with Gasteiger partial charge in [0, 0.05) is 0 Å². The smallest absolute Gasteiger partial charge is 0.230 e. The Bertz CT molecular complexity index is 650. The van der Waals surface area contributed by atoms with Crippen LogP contribution in [0.5, 0.6) is 5.75 Å². The molecule has 3 heteroatoms. The van der Waals surface area contributed by atoms with Crippen LogP contribution in [0.15, 0.2) is 24.3 Å². The summed E-state index contributed by atoms with van der Waals surface area (Å²) in [7, 11) is 0. The Morgan fingerprint density at radius 2 is 1.79 bits per heavy atom. The molecule has 3 nitrogen and oxygen atoms in total. The zero-order valence-electron chi connectivity index (χ0n) is 15.2. The third kappa shape index (κ3) is 2.53. The van der Waals surface area contributed by atoms with E-state index in [1.807, 2.05) is 31.2 Å². The predicted molar refractivity (Wildman–Crippen MR) is 96.1 cm³/mol. The van der Waals surface area contributed by atoms with Crippen molar-refractivity contribution in [2.45, 2.75) is 59.3 Å².